The first-order valence-electron chi connectivity index (χ1n) is 7.79. The Labute approximate surface area is 112 Å². The van der Waals surface area contributed by atoms with Gasteiger partial charge in [-0.1, -0.05) is 13.3 Å². The molecule has 18 heavy (non-hydrogen) atoms. The molecule has 4 unspecified atom stereocenters. The van der Waals surface area contributed by atoms with Gasteiger partial charge in [0.15, 0.2) is 0 Å². The van der Waals surface area contributed by atoms with Gasteiger partial charge in [-0.2, -0.15) is 0 Å². The Morgan fingerprint density at radius 1 is 1.17 bits per heavy atom. The van der Waals surface area contributed by atoms with Crippen LogP contribution in [0.3, 0.4) is 0 Å². The van der Waals surface area contributed by atoms with Gasteiger partial charge >= 0.3 is 0 Å². The van der Waals surface area contributed by atoms with Crippen molar-refractivity contribution in [3.8, 4) is 0 Å². The van der Waals surface area contributed by atoms with Gasteiger partial charge in [0.05, 0.1) is 13.2 Å². The summed E-state index contributed by atoms with van der Waals surface area (Å²) in [6.45, 7) is 11.2. The molecule has 0 aromatic heterocycles. The molecular weight excluding hydrogens is 224 g/mol. The highest BCUT2D eigenvalue weighted by Crippen LogP contribution is 2.25. The molecule has 0 bridgehead atoms. The summed E-state index contributed by atoms with van der Waals surface area (Å²) in [5, 5.41) is 3.65. The van der Waals surface area contributed by atoms with Crippen LogP contribution in [0, 0.1) is 5.92 Å². The van der Waals surface area contributed by atoms with E-state index >= 15 is 0 Å². The second-order valence-electron chi connectivity index (χ2n) is 6.18. The molecule has 2 saturated heterocycles. The van der Waals surface area contributed by atoms with Crippen LogP contribution in [0.4, 0.5) is 0 Å². The summed E-state index contributed by atoms with van der Waals surface area (Å²) in [4.78, 5) is 2.71. The molecule has 0 amide bonds. The average Bonchev–Trinajstić information content (AvgIpc) is 2.79. The van der Waals surface area contributed by atoms with E-state index in [0.717, 1.165) is 31.8 Å². The number of nitrogens with zero attached hydrogens (tertiary/aromatic N) is 1. The average molecular weight is 254 g/mol. The van der Waals surface area contributed by atoms with E-state index in [4.69, 9.17) is 4.74 Å². The van der Waals surface area contributed by atoms with Crippen LogP contribution in [-0.2, 0) is 4.74 Å². The van der Waals surface area contributed by atoms with Gasteiger partial charge < -0.3 is 10.1 Å². The molecule has 3 nitrogen and oxygen atoms in total. The molecule has 0 aliphatic carbocycles. The molecule has 0 aromatic rings. The minimum absolute atomic E-state index is 0.575. The van der Waals surface area contributed by atoms with E-state index in [-0.39, 0.29) is 0 Å². The molecule has 2 aliphatic heterocycles. The number of rotatable bonds is 5. The summed E-state index contributed by atoms with van der Waals surface area (Å²) in [7, 11) is 0. The fraction of sp³-hybridized carbons (Fsp3) is 1.00. The lowest BCUT2D eigenvalue weighted by molar-refractivity contribution is 0.0762. The summed E-state index contributed by atoms with van der Waals surface area (Å²) in [5.74, 6) is 0.680. The zero-order chi connectivity index (χ0) is 13.0. The summed E-state index contributed by atoms with van der Waals surface area (Å²) in [5.41, 5.74) is 0. The Kier molecular flexibility index (Phi) is 5.46. The highest BCUT2D eigenvalue weighted by Gasteiger charge is 2.33. The number of ether oxygens (including phenoxy) is 1. The number of nitrogens with one attached hydrogen (secondary N) is 1. The number of likely N-dealkylation sites (tertiary alicyclic amines) is 1. The van der Waals surface area contributed by atoms with Gasteiger partial charge in [0.25, 0.3) is 0 Å². The molecule has 1 N–H and O–H groups in total. The Morgan fingerprint density at radius 2 is 1.89 bits per heavy atom. The largest absolute Gasteiger partial charge is 0.379 e. The molecule has 3 heteroatoms. The smallest absolute Gasteiger partial charge is 0.0623 e. The van der Waals surface area contributed by atoms with Gasteiger partial charge in [-0.3, -0.25) is 4.90 Å². The lowest BCUT2D eigenvalue weighted by Crippen LogP contribution is -2.49. The van der Waals surface area contributed by atoms with Gasteiger partial charge in [0.1, 0.15) is 0 Å². The summed E-state index contributed by atoms with van der Waals surface area (Å²) in [6, 6.07) is 2.08. The normalized spacial score (nSPS) is 38.2. The number of hydrogen-bond acceptors (Lipinski definition) is 3. The molecule has 0 spiro atoms. The van der Waals surface area contributed by atoms with Gasteiger partial charge in [0, 0.05) is 30.6 Å². The summed E-state index contributed by atoms with van der Waals surface area (Å²) < 4.78 is 5.69. The zero-order valence-corrected chi connectivity index (χ0v) is 12.3. The van der Waals surface area contributed by atoms with Gasteiger partial charge in [-0.15, -0.1) is 0 Å². The maximum Gasteiger partial charge on any atom is 0.0623 e. The molecule has 2 heterocycles. The van der Waals surface area contributed by atoms with Crippen molar-refractivity contribution in [3.63, 3.8) is 0 Å². The van der Waals surface area contributed by atoms with Crippen LogP contribution in [0.1, 0.15) is 46.5 Å². The lowest BCUT2D eigenvalue weighted by Gasteiger charge is -2.41. The van der Waals surface area contributed by atoms with E-state index in [1.807, 2.05) is 0 Å². The van der Waals surface area contributed by atoms with Crippen LogP contribution >= 0.6 is 0 Å². The first-order valence-corrected chi connectivity index (χ1v) is 7.79. The van der Waals surface area contributed by atoms with Crippen LogP contribution in [0.5, 0.6) is 0 Å². The first kappa shape index (κ1) is 14.3. The van der Waals surface area contributed by atoms with E-state index < -0.39 is 0 Å². The highest BCUT2D eigenvalue weighted by molar-refractivity contribution is 4.88. The van der Waals surface area contributed by atoms with Crippen molar-refractivity contribution in [2.75, 3.05) is 26.3 Å². The second kappa shape index (κ2) is 6.88. The third kappa shape index (κ3) is 3.46. The van der Waals surface area contributed by atoms with Crippen molar-refractivity contribution in [1.82, 2.24) is 10.2 Å². The summed E-state index contributed by atoms with van der Waals surface area (Å²) >= 11 is 0. The van der Waals surface area contributed by atoms with Crippen LogP contribution in [0.25, 0.3) is 0 Å². The molecule has 2 fully saturated rings. The highest BCUT2D eigenvalue weighted by atomic mass is 16.5. The Hall–Kier alpha value is -0.120. The van der Waals surface area contributed by atoms with E-state index in [1.54, 1.807) is 0 Å². The third-order valence-corrected chi connectivity index (χ3v) is 4.68. The SMILES string of the molecule is CCCNC1COCC1CN1C(C)CCCC1C. The van der Waals surface area contributed by atoms with Crippen LogP contribution in [0.2, 0.25) is 0 Å². The van der Waals surface area contributed by atoms with Crippen molar-refractivity contribution in [1.29, 1.82) is 0 Å². The quantitative estimate of drug-likeness (QED) is 0.814. The van der Waals surface area contributed by atoms with E-state index in [0.29, 0.717) is 12.0 Å². The van der Waals surface area contributed by atoms with Gasteiger partial charge in [0.2, 0.25) is 0 Å². The molecule has 0 aromatic carbocycles. The third-order valence-electron chi connectivity index (χ3n) is 4.68. The predicted molar refractivity (Wildman–Crippen MR) is 75.9 cm³/mol. The van der Waals surface area contributed by atoms with E-state index in [2.05, 4.69) is 31.0 Å². The Bertz CT molecular complexity index is 237. The van der Waals surface area contributed by atoms with Crippen LogP contribution in [-0.4, -0.2) is 49.3 Å². The van der Waals surface area contributed by atoms with Crippen LogP contribution in [0.15, 0.2) is 0 Å². The standard InChI is InChI=1S/C15H30N2O/c1-4-8-16-15-11-18-10-14(15)9-17-12(2)6-5-7-13(17)3/h12-16H,4-11H2,1-3H3. The minimum Gasteiger partial charge on any atom is -0.379 e. The molecular formula is C15H30N2O. The fourth-order valence-corrected chi connectivity index (χ4v) is 3.44. The monoisotopic (exact) mass is 254 g/mol. The molecule has 2 aliphatic rings. The Morgan fingerprint density at radius 3 is 2.56 bits per heavy atom. The van der Waals surface area contributed by atoms with E-state index in [9.17, 15) is 0 Å². The van der Waals surface area contributed by atoms with Crippen molar-refractivity contribution in [2.45, 2.75) is 64.6 Å². The topological polar surface area (TPSA) is 24.5 Å². The molecule has 106 valence electrons. The molecule has 0 radical (unpaired) electrons. The number of piperidine rings is 1. The molecule has 0 saturated carbocycles. The van der Waals surface area contributed by atoms with Gasteiger partial charge in [-0.05, 0) is 39.7 Å². The Balaban J connectivity index is 1.86. The minimum atomic E-state index is 0.575. The fourth-order valence-electron chi connectivity index (χ4n) is 3.44. The molecule has 4 atom stereocenters. The van der Waals surface area contributed by atoms with Crippen LogP contribution < -0.4 is 5.32 Å². The van der Waals surface area contributed by atoms with Gasteiger partial charge in [-0.25, -0.2) is 0 Å². The second-order valence-corrected chi connectivity index (χ2v) is 6.18. The zero-order valence-electron chi connectivity index (χ0n) is 12.3. The van der Waals surface area contributed by atoms with Crippen molar-refractivity contribution in [3.05, 3.63) is 0 Å². The first-order chi connectivity index (χ1) is 8.72. The maximum absolute atomic E-state index is 5.69. The lowest BCUT2D eigenvalue weighted by atomic mass is 9.94. The van der Waals surface area contributed by atoms with Crippen molar-refractivity contribution >= 4 is 0 Å². The predicted octanol–water partition coefficient (Wildman–Crippen LogP) is 2.26. The maximum atomic E-state index is 5.69. The van der Waals surface area contributed by atoms with Crippen molar-refractivity contribution in [2.24, 2.45) is 5.92 Å². The molecule has 2 rings (SSSR count). The number of hydrogen-bond donors (Lipinski definition) is 1. The van der Waals surface area contributed by atoms with E-state index in [1.165, 1.54) is 32.2 Å². The summed E-state index contributed by atoms with van der Waals surface area (Å²) in [6.07, 6.45) is 5.34. The van der Waals surface area contributed by atoms with Crippen molar-refractivity contribution < 1.29 is 4.74 Å².